The van der Waals surface area contributed by atoms with E-state index >= 15 is 0 Å². The van der Waals surface area contributed by atoms with Crippen LogP contribution in [0.15, 0.2) is 120 Å². The lowest BCUT2D eigenvalue weighted by atomic mass is 9.95. The third kappa shape index (κ3) is 13.7. The van der Waals surface area contributed by atoms with Crippen LogP contribution in [0.1, 0.15) is 207 Å². The second-order valence-electron chi connectivity index (χ2n) is 24.6. The predicted octanol–water partition coefficient (Wildman–Crippen LogP) is 25.7. The topological polar surface area (TPSA) is 90.4 Å². The fourth-order valence-corrected chi connectivity index (χ4v) is 21.0. The van der Waals surface area contributed by atoms with Gasteiger partial charge in [-0.3, -0.25) is 9.59 Å². The number of Topliss-reactive ketones (excluding diaryl/α,β-unsaturated/α-hetero) is 2. The van der Waals surface area contributed by atoms with Gasteiger partial charge in [0.1, 0.15) is 0 Å². The number of carbonyl (C=O) groups excluding carboxylic acids is 2. The van der Waals surface area contributed by atoms with Gasteiger partial charge in [0.25, 0.3) is 11.4 Å². The number of hydrogen-bond acceptors (Lipinski definition) is 10. The molecule has 0 fully saturated rings. The van der Waals surface area contributed by atoms with Crippen LogP contribution in [0.3, 0.4) is 0 Å². The van der Waals surface area contributed by atoms with Crippen LogP contribution in [-0.2, 0) is 25.7 Å². The van der Waals surface area contributed by atoms with Gasteiger partial charge in [-0.1, -0.05) is 180 Å². The Morgan fingerprint density at radius 3 is 1.25 bits per heavy atom. The Labute approximate surface area is 568 Å². The first-order valence-corrected chi connectivity index (χ1v) is 38.1. The number of allylic oxidation sites excluding steroid dienone is 6. The molecule has 9 aromatic rings. The van der Waals surface area contributed by atoms with E-state index in [9.17, 15) is 20.1 Å². The van der Waals surface area contributed by atoms with Crippen LogP contribution >= 0.6 is 68.0 Å². The molecule has 0 bridgehead atoms. The normalized spacial score (nSPS) is 15.5. The molecule has 466 valence electrons. The van der Waals surface area contributed by atoms with Crippen LogP contribution in [0, 0.1) is 47.6 Å². The van der Waals surface area contributed by atoms with Crippen molar-refractivity contribution >= 4 is 123 Å². The monoisotopic (exact) mass is 1320 g/mol. The molecule has 6 aromatic heterocycles. The zero-order valence-electron chi connectivity index (χ0n) is 53.7. The summed E-state index contributed by atoms with van der Waals surface area (Å²) in [7, 11) is 0. The van der Waals surface area contributed by atoms with Crippen LogP contribution in [0.2, 0.25) is 0 Å². The Bertz CT molecular complexity index is 4190. The SMILES string of the molecule is [C-]#[N+]/C(C#N)=C1\C(=Cc2cc(CCCCCC)c(-c3cc4c(-c5ccc(CC(CC)CCCC)s5)c5sc(-c6sc(C=C7C(=O)c8ccccc8/C7=C(/C#N)[N+]#[C-])cc6CCCCCC)cc5c(-c5ccc(CC(CC)CCCC)s5)c4s3)s2)C(=O)c2ccccc21. The maximum absolute atomic E-state index is 14.4. The van der Waals surface area contributed by atoms with Crippen LogP contribution in [0.4, 0.5) is 0 Å². The van der Waals surface area contributed by atoms with E-state index < -0.39 is 0 Å². The maximum atomic E-state index is 14.4. The molecule has 0 N–H and O–H groups in total. The average Bonchev–Trinajstić information content (AvgIpc) is 1.56. The fourth-order valence-electron chi connectivity index (χ4n) is 13.4. The molecule has 2 aliphatic carbocycles. The first kappa shape index (κ1) is 66.1. The lowest BCUT2D eigenvalue weighted by Crippen LogP contribution is -2.01. The Hall–Kier alpha value is -7.36. The fraction of sp³-hybridized carbons (Fsp3) is 0.350. The number of rotatable bonds is 28. The summed E-state index contributed by atoms with van der Waals surface area (Å²) in [5, 5.41) is 23.1. The molecule has 6 nitrogen and oxygen atoms in total. The molecule has 0 radical (unpaired) electrons. The number of carbonyl (C=O) groups is 2. The summed E-state index contributed by atoms with van der Waals surface area (Å²) in [6.45, 7) is 29.8. The molecule has 3 aromatic carbocycles. The van der Waals surface area contributed by atoms with Gasteiger partial charge in [-0.2, -0.15) is 0 Å². The van der Waals surface area contributed by atoms with Gasteiger partial charge >= 0.3 is 0 Å². The number of unbranched alkanes of at least 4 members (excludes halogenated alkanes) is 8. The third-order valence-electron chi connectivity index (χ3n) is 18.4. The average molecular weight is 1320 g/mol. The van der Waals surface area contributed by atoms with Crippen LogP contribution < -0.4 is 0 Å². The Morgan fingerprint density at radius 2 is 0.880 bits per heavy atom. The number of nitriles is 2. The number of nitrogens with zero attached hydrogens (tertiary/aromatic N) is 4. The van der Waals surface area contributed by atoms with E-state index in [0.29, 0.717) is 56.4 Å². The molecule has 11 rings (SSSR count). The first-order valence-electron chi connectivity index (χ1n) is 33.2. The number of fused-ring (bicyclic) bond motifs is 4. The second-order valence-corrected chi connectivity index (χ2v) is 31.2. The highest BCUT2D eigenvalue weighted by Gasteiger charge is 2.35. The molecule has 0 saturated carbocycles. The van der Waals surface area contributed by atoms with Gasteiger partial charge in [0.2, 0.25) is 0 Å². The summed E-state index contributed by atoms with van der Waals surface area (Å²) < 4.78 is 2.52. The highest BCUT2D eigenvalue weighted by atomic mass is 32.1. The van der Waals surface area contributed by atoms with Crippen LogP contribution in [-0.4, -0.2) is 11.6 Å². The van der Waals surface area contributed by atoms with E-state index in [2.05, 4.69) is 112 Å². The standard InChI is InChI=1S/C80H78N4O2S6/c1-9-15-19-21-29-51-41-55(43-61-71(65(47-81)83-7)57-31-23-25-33-59(57)75(61)85)89-77(51)69-45-63-73(67-37-35-53(87-67)39-49(13-5)27-17-11-3)80-64(74(79(63)91-69)68-38-36-54(88-68)40-50(14-6)28-18-12-4)46-70(92-80)78-52(30-22-20-16-10-2)42-56(90-78)44-62-72(66(48-82)84-8)58-32-24-26-34-60(58)76(62)86/h23-26,31-38,41-46,49-50H,9-22,27-30,39-40H2,1-6H3/b61-43?,62-44?,71-65-,72-66+. The van der Waals surface area contributed by atoms with E-state index in [1.54, 1.807) is 34.8 Å². The molecule has 92 heavy (non-hydrogen) atoms. The molecule has 6 heterocycles. The molecule has 2 aliphatic rings. The summed E-state index contributed by atoms with van der Waals surface area (Å²) in [5.74, 6) is 0.910. The van der Waals surface area contributed by atoms with Crippen molar-refractivity contribution in [1.29, 1.82) is 10.5 Å². The molecule has 0 spiro atoms. The lowest BCUT2D eigenvalue weighted by molar-refractivity contribution is 0.103. The Morgan fingerprint density at radius 1 is 0.478 bits per heavy atom. The van der Waals surface area contributed by atoms with Crippen LogP contribution in [0.25, 0.3) is 93.6 Å². The van der Waals surface area contributed by atoms with Gasteiger partial charge in [-0.05, 0) is 133 Å². The van der Waals surface area contributed by atoms with Crippen molar-refractivity contribution in [2.24, 2.45) is 11.8 Å². The molecule has 2 atom stereocenters. The highest BCUT2D eigenvalue weighted by molar-refractivity contribution is 7.29. The lowest BCUT2D eigenvalue weighted by Gasteiger charge is -2.13. The molecule has 12 heteroatoms. The summed E-state index contributed by atoms with van der Waals surface area (Å²) in [4.78, 5) is 48.1. The number of aryl methyl sites for hydroxylation is 2. The predicted molar refractivity (Wildman–Crippen MR) is 396 cm³/mol. The number of benzene rings is 3. The second kappa shape index (κ2) is 30.6. The zero-order chi connectivity index (χ0) is 64.4. The highest BCUT2D eigenvalue weighted by Crippen LogP contribution is 2.57. The summed E-state index contributed by atoms with van der Waals surface area (Å²) in [6, 6.07) is 38.1. The summed E-state index contributed by atoms with van der Waals surface area (Å²) in [5.41, 5.74) is 8.83. The summed E-state index contributed by atoms with van der Waals surface area (Å²) >= 11 is 11.1. The minimum Gasteiger partial charge on any atom is -0.289 e. The van der Waals surface area contributed by atoms with Gasteiger partial charge in [0.15, 0.2) is 11.6 Å². The Balaban J connectivity index is 1.16. The molecular weight excluding hydrogens is 1240 g/mol. The van der Waals surface area contributed by atoms with Gasteiger partial charge in [0.05, 0.1) is 25.3 Å². The van der Waals surface area contributed by atoms with E-state index in [4.69, 9.17) is 13.1 Å². The largest absolute Gasteiger partial charge is 0.289 e. The van der Waals surface area contributed by atoms with Gasteiger partial charge in [-0.25, -0.2) is 20.2 Å². The van der Waals surface area contributed by atoms with Crippen LogP contribution in [0.5, 0.6) is 0 Å². The summed E-state index contributed by atoms with van der Waals surface area (Å²) in [6.07, 6.45) is 26.3. The van der Waals surface area contributed by atoms with E-state index in [0.717, 1.165) is 99.6 Å². The van der Waals surface area contributed by atoms with E-state index in [-0.39, 0.29) is 23.0 Å². The van der Waals surface area contributed by atoms with Crippen molar-refractivity contribution in [3.05, 3.63) is 195 Å². The zero-order valence-corrected chi connectivity index (χ0v) is 58.6. The number of hydrogen-bond donors (Lipinski definition) is 0. The number of ketones is 2. The van der Waals surface area contributed by atoms with Gasteiger partial charge < -0.3 is 0 Å². The van der Waals surface area contributed by atoms with Gasteiger partial charge in [0, 0.05) is 113 Å². The molecule has 0 amide bonds. The van der Waals surface area contributed by atoms with E-state index in [1.807, 2.05) is 93.9 Å². The smallest absolute Gasteiger partial charge is 0.270 e. The van der Waals surface area contributed by atoms with Gasteiger partial charge in [-0.15, -0.1) is 68.0 Å². The Kier molecular flexibility index (Phi) is 22.0. The van der Waals surface area contributed by atoms with Crippen molar-refractivity contribution in [2.75, 3.05) is 0 Å². The first-order chi connectivity index (χ1) is 45.0. The van der Waals surface area contributed by atoms with Crippen molar-refractivity contribution in [3.8, 4) is 52.5 Å². The van der Waals surface area contributed by atoms with E-state index in [1.165, 1.54) is 120 Å². The minimum atomic E-state index is -0.162. The van der Waals surface area contributed by atoms with Crippen molar-refractivity contribution in [2.45, 2.75) is 170 Å². The quantitative estimate of drug-likeness (QED) is 0.0211. The minimum absolute atomic E-state index is 0.0735. The molecule has 2 unspecified atom stereocenters. The number of thiophene rings is 6. The molecule has 0 aliphatic heterocycles. The van der Waals surface area contributed by atoms with Crippen molar-refractivity contribution in [1.82, 2.24) is 0 Å². The molecular formula is C80H78N4O2S6. The third-order valence-corrected chi connectivity index (χ3v) is 25.6. The van der Waals surface area contributed by atoms with Crippen molar-refractivity contribution in [3.63, 3.8) is 0 Å². The maximum Gasteiger partial charge on any atom is 0.270 e. The van der Waals surface area contributed by atoms with Crippen molar-refractivity contribution < 1.29 is 9.59 Å². The molecule has 0 saturated heterocycles.